The number of hydrazine groups is 1. The lowest BCUT2D eigenvalue weighted by molar-refractivity contribution is -0.120. The lowest BCUT2D eigenvalue weighted by atomic mass is 10.1. The van der Waals surface area contributed by atoms with Gasteiger partial charge in [-0.2, -0.15) is 0 Å². The molecule has 0 atom stereocenters. The van der Waals surface area contributed by atoms with Crippen LogP contribution >= 0.6 is 0 Å². The number of benzene rings is 2. The zero-order chi connectivity index (χ0) is 20.1. The summed E-state index contributed by atoms with van der Waals surface area (Å²) >= 11 is 0. The standard InChI is InChI=1S/C19H15FN4O4/c20-14-7-3-1-5-11(14)19(28)24-23-16(25)10-22-18(27)13-9-21-15-8-4-2-6-12(15)17(13)26/h1-9H,10H2,(H,21,26)(H,22,27)(H,23,25)(H,24,28). The van der Waals surface area contributed by atoms with E-state index in [4.69, 9.17) is 0 Å². The first-order valence-electron chi connectivity index (χ1n) is 8.19. The average molecular weight is 382 g/mol. The molecule has 3 aromatic rings. The molecule has 0 saturated heterocycles. The quantitative estimate of drug-likeness (QED) is 0.500. The summed E-state index contributed by atoms with van der Waals surface area (Å²) in [5, 5.41) is 2.63. The van der Waals surface area contributed by atoms with E-state index in [1.54, 1.807) is 24.3 Å². The molecule has 0 aliphatic heterocycles. The van der Waals surface area contributed by atoms with Crippen molar-refractivity contribution in [3.05, 3.63) is 81.9 Å². The Morgan fingerprint density at radius 1 is 0.893 bits per heavy atom. The number of carbonyl (C=O) groups excluding carboxylic acids is 3. The van der Waals surface area contributed by atoms with Gasteiger partial charge in [0.15, 0.2) is 0 Å². The minimum atomic E-state index is -0.844. The van der Waals surface area contributed by atoms with Gasteiger partial charge in [0.05, 0.1) is 12.1 Å². The van der Waals surface area contributed by atoms with Crippen molar-refractivity contribution in [1.82, 2.24) is 21.2 Å². The number of hydrogen-bond donors (Lipinski definition) is 4. The third-order valence-electron chi connectivity index (χ3n) is 3.88. The fourth-order valence-corrected chi connectivity index (χ4v) is 2.48. The lowest BCUT2D eigenvalue weighted by Gasteiger charge is -2.09. The number of para-hydroxylation sites is 1. The Morgan fingerprint density at radius 3 is 2.39 bits per heavy atom. The molecule has 2 aromatic carbocycles. The fraction of sp³-hybridized carbons (Fsp3) is 0.0526. The van der Waals surface area contributed by atoms with Crippen LogP contribution in [0.15, 0.2) is 59.5 Å². The number of aromatic amines is 1. The highest BCUT2D eigenvalue weighted by Crippen LogP contribution is 2.07. The van der Waals surface area contributed by atoms with Gasteiger partial charge >= 0.3 is 0 Å². The maximum absolute atomic E-state index is 13.5. The molecule has 0 radical (unpaired) electrons. The zero-order valence-electron chi connectivity index (χ0n) is 14.4. The van der Waals surface area contributed by atoms with E-state index in [1.807, 2.05) is 5.43 Å². The highest BCUT2D eigenvalue weighted by molar-refractivity contribution is 5.99. The molecule has 1 aromatic heterocycles. The Morgan fingerprint density at radius 2 is 1.61 bits per heavy atom. The summed E-state index contributed by atoms with van der Waals surface area (Å²) in [6.07, 6.45) is 1.26. The Balaban J connectivity index is 1.57. The van der Waals surface area contributed by atoms with Crippen molar-refractivity contribution in [2.24, 2.45) is 0 Å². The van der Waals surface area contributed by atoms with Gasteiger partial charge < -0.3 is 10.3 Å². The first-order chi connectivity index (χ1) is 13.5. The molecular weight excluding hydrogens is 367 g/mol. The second kappa shape index (κ2) is 8.12. The first-order valence-corrected chi connectivity index (χ1v) is 8.19. The molecule has 28 heavy (non-hydrogen) atoms. The number of pyridine rings is 1. The molecule has 3 amide bonds. The van der Waals surface area contributed by atoms with E-state index in [2.05, 4.69) is 15.7 Å². The normalized spacial score (nSPS) is 10.3. The molecule has 142 valence electrons. The second-order valence-electron chi connectivity index (χ2n) is 5.74. The van der Waals surface area contributed by atoms with Gasteiger partial charge in [0.25, 0.3) is 17.7 Å². The second-order valence-corrected chi connectivity index (χ2v) is 5.74. The van der Waals surface area contributed by atoms with Crippen molar-refractivity contribution in [1.29, 1.82) is 0 Å². The van der Waals surface area contributed by atoms with Crippen molar-refractivity contribution < 1.29 is 18.8 Å². The third-order valence-corrected chi connectivity index (χ3v) is 3.88. The SMILES string of the molecule is O=C(CNC(=O)c1c[nH]c2ccccc2c1=O)NNC(=O)c1ccccc1F. The summed E-state index contributed by atoms with van der Waals surface area (Å²) in [4.78, 5) is 50.9. The van der Waals surface area contributed by atoms with Crippen LogP contribution in [0.5, 0.6) is 0 Å². The fourth-order valence-electron chi connectivity index (χ4n) is 2.48. The molecule has 0 aliphatic rings. The Kier molecular flexibility index (Phi) is 5.45. The Bertz CT molecular complexity index is 1130. The first kappa shape index (κ1) is 18.8. The third kappa shape index (κ3) is 4.04. The summed E-state index contributed by atoms with van der Waals surface area (Å²) in [6, 6.07) is 12.0. The van der Waals surface area contributed by atoms with Crippen molar-refractivity contribution >= 4 is 28.6 Å². The van der Waals surface area contributed by atoms with Crippen LogP contribution in [-0.4, -0.2) is 29.3 Å². The maximum Gasteiger partial charge on any atom is 0.272 e. The number of halogens is 1. The van der Waals surface area contributed by atoms with Crippen LogP contribution in [0, 0.1) is 5.82 Å². The van der Waals surface area contributed by atoms with E-state index in [-0.39, 0.29) is 11.1 Å². The summed E-state index contributed by atoms with van der Waals surface area (Å²) in [7, 11) is 0. The van der Waals surface area contributed by atoms with Gasteiger partial charge in [0.1, 0.15) is 11.4 Å². The largest absolute Gasteiger partial charge is 0.360 e. The van der Waals surface area contributed by atoms with Gasteiger partial charge in [-0.05, 0) is 24.3 Å². The van der Waals surface area contributed by atoms with Gasteiger partial charge in [-0.3, -0.25) is 30.0 Å². The van der Waals surface area contributed by atoms with E-state index >= 15 is 0 Å². The molecule has 0 unspecified atom stereocenters. The van der Waals surface area contributed by atoms with Crippen LogP contribution in [-0.2, 0) is 4.79 Å². The van der Waals surface area contributed by atoms with Gasteiger partial charge in [-0.15, -0.1) is 0 Å². The highest BCUT2D eigenvalue weighted by Gasteiger charge is 2.15. The molecule has 0 saturated carbocycles. The molecule has 4 N–H and O–H groups in total. The Hall–Kier alpha value is -4.01. The summed E-state index contributed by atoms with van der Waals surface area (Å²) in [6.45, 7) is -0.497. The molecule has 0 aliphatic carbocycles. The molecule has 0 fully saturated rings. The summed E-state index contributed by atoms with van der Waals surface area (Å²) in [5.74, 6) is -3.08. The molecule has 0 bridgehead atoms. The molecule has 3 rings (SSSR count). The molecular formula is C19H15FN4O4. The van der Waals surface area contributed by atoms with Crippen molar-refractivity contribution in [2.45, 2.75) is 0 Å². The van der Waals surface area contributed by atoms with Crippen LogP contribution < -0.4 is 21.6 Å². The van der Waals surface area contributed by atoms with Crippen LogP contribution in [0.3, 0.4) is 0 Å². The van der Waals surface area contributed by atoms with Crippen molar-refractivity contribution in [2.75, 3.05) is 6.54 Å². The smallest absolute Gasteiger partial charge is 0.272 e. The average Bonchev–Trinajstić information content (AvgIpc) is 2.71. The van der Waals surface area contributed by atoms with Gasteiger partial charge in [-0.25, -0.2) is 4.39 Å². The molecule has 1 heterocycles. The van der Waals surface area contributed by atoms with E-state index in [0.717, 1.165) is 6.07 Å². The predicted molar refractivity (Wildman–Crippen MR) is 98.9 cm³/mol. The van der Waals surface area contributed by atoms with E-state index in [1.165, 1.54) is 24.4 Å². The summed E-state index contributed by atoms with van der Waals surface area (Å²) < 4.78 is 13.5. The summed E-state index contributed by atoms with van der Waals surface area (Å²) in [5.41, 5.74) is 3.81. The monoisotopic (exact) mass is 382 g/mol. The number of aromatic nitrogens is 1. The predicted octanol–water partition coefficient (Wildman–Crippen LogP) is 0.858. The topological polar surface area (TPSA) is 120 Å². The van der Waals surface area contributed by atoms with Crippen LogP contribution in [0.25, 0.3) is 10.9 Å². The number of rotatable bonds is 4. The number of nitrogens with one attached hydrogen (secondary N) is 4. The molecule has 9 heteroatoms. The minimum absolute atomic E-state index is 0.151. The van der Waals surface area contributed by atoms with Gasteiger partial charge in [0, 0.05) is 17.1 Å². The number of hydrogen-bond acceptors (Lipinski definition) is 4. The zero-order valence-corrected chi connectivity index (χ0v) is 14.4. The molecule has 0 spiro atoms. The van der Waals surface area contributed by atoms with Crippen LogP contribution in [0.1, 0.15) is 20.7 Å². The van der Waals surface area contributed by atoms with E-state index in [0.29, 0.717) is 10.9 Å². The van der Waals surface area contributed by atoms with Gasteiger partial charge in [-0.1, -0.05) is 24.3 Å². The van der Waals surface area contributed by atoms with Crippen molar-refractivity contribution in [3.63, 3.8) is 0 Å². The highest BCUT2D eigenvalue weighted by atomic mass is 19.1. The van der Waals surface area contributed by atoms with Crippen molar-refractivity contribution in [3.8, 4) is 0 Å². The number of carbonyl (C=O) groups is 3. The van der Waals surface area contributed by atoms with E-state index in [9.17, 15) is 23.6 Å². The molecule has 8 nitrogen and oxygen atoms in total. The van der Waals surface area contributed by atoms with Gasteiger partial charge in [0.2, 0.25) is 5.43 Å². The van der Waals surface area contributed by atoms with Crippen LogP contribution in [0.4, 0.5) is 4.39 Å². The number of fused-ring (bicyclic) bond motifs is 1. The maximum atomic E-state index is 13.5. The number of amides is 3. The Labute approximate surface area is 157 Å². The lowest BCUT2D eigenvalue weighted by Crippen LogP contribution is -2.46. The minimum Gasteiger partial charge on any atom is -0.360 e. The number of H-pyrrole nitrogens is 1. The van der Waals surface area contributed by atoms with Crippen LogP contribution in [0.2, 0.25) is 0 Å². The van der Waals surface area contributed by atoms with E-state index < -0.39 is 35.5 Å².